The van der Waals surface area contributed by atoms with Gasteiger partial charge in [0.2, 0.25) is 0 Å². The Balaban J connectivity index is 1.10. The van der Waals surface area contributed by atoms with Crippen molar-refractivity contribution >= 4 is 32.7 Å². The molecule has 0 aliphatic heterocycles. The van der Waals surface area contributed by atoms with Gasteiger partial charge in [0, 0.05) is 39.0 Å². The summed E-state index contributed by atoms with van der Waals surface area (Å²) in [7, 11) is 0. The number of rotatable bonds is 5. The van der Waals surface area contributed by atoms with Crippen molar-refractivity contribution < 1.29 is 0 Å². The molecule has 0 radical (unpaired) electrons. The Hall–Kier alpha value is -6.59. The lowest BCUT2D eigenvalue weighted by Gasteiger charge is -2.11. The summed E-state index contributed by atoms with van der Waals surface area (Å²) in [6.07, 6.45) is 1.83. The highest BCUT2D eigenvalue weighted by atomic mass is 15.0. The van der Waals surface area contributed by atoms with E-state index in [9.17, 15) is 0 Å². The first-order valence-electron chi connectivity index (χ1n) is 15.9. The van der Waals surface area contributed by atoms with Gasteiger partial charge < -0.3 is 0 Å². The van der Waals surface area contributed by atoms with Gasteiger partial charge in [-0.2, -0.15) is 0 Å². The summed E-state index contributed by atoms with van der Waals surface area (Å²) in [6.45, 7) is 0. The molecule has 5 nitrogen and oxygen atoms in total. The van der Waals surface area contributed by atoms with Crippen LogP contribution >= 0.6 is 0 Å². The second-order valence-corrected chi connectivity index (χ2v) is 11.8. The highest BCUT2D eigenvalue weighted by Crippen LogP contribution is 2.33. The molecule has 3 heterocycles. The Morgan fingerprint density at radius 3 is 1.50 bits per heavy atom. The molecule has 0 atom stereocenters. The minimum atomic E-state index is 0.637. The van der Waals surface area contributed by atoms with Crippen molar-refractivity contribution in [3.8, 4) is 56.4 Å². The molecule has 6 aromatic carbocycles. The van der Waals surface area contributed by atoms with E-state index in [0.717, 1.165) is 71.7 Å². The van der Waals surface area contributed by atoms with E-state index >= 15 is 0 Å². The summed E-state index contributed by atoms with van der Waals surface area (Å²) < 4.78 is 0. The van der Waals surface area contributed by atoms with Gasteiger partial charge >= 0.3 is 0 Å². The van der Waals surface area contributed by atoms with Crippen molar-refractivity contribution in [2.24, 2.45) is 0 Å². The van der Waals surface area contributed by atoms with Crippen molar-refractivity contribution in [2.75, 3.05) is 0 Å². The zero-order valence-corrected chi connectivity index (χ0v) is 25.8. The summed E-state index contributed by atoms with van der Waals surface area (Å²) in [5.74, 6) is 1.93. The normalized spacial score (nSPS) is 11.3. The van der Waals surface area contributed by atoms with Crippen molar-refractivity contribution in [3.63, 3.8) is 0 Å². The molecule has 0 amide bonds. The van der Waals surface area contributed by atoms with Crippen LogP contribution in [-0.4, -0.2) is 24.9 Å². The van der Waals surface area contributed by atoms with Crippen LogP contribution in [0.1, 0.15) is 0 Å². The van der Waals surface area contributed by atoms with Crippen LogP contribution in [-0.2, 0) is 0 Å². The van der Waals surface area contributed by atoms with Crippen LogP contribution in [0.5, 0.6) is 0 Å². The van der Waals surface area contributed by atoms with Gasteiger partial charge in [-0.05, 0) is 58.7 Å². The molecule has 0 fully saturated rings. The summed E-state index contributed by atoms with van der Waals surface area (Å²) in [6, 6.07) is 54.2. The second-order valence-electron chi connectivity index (χ2n) is 11.8. The van der Waals surface area contributed by atoms with Crippen molar-refractivity contribution in [3.05, 3.63) is 164 Å². The van der Waals surface area contributed by atoms with Crippen LogP contribution in [0.2, 0.25) is 0 Å². The van der Waals surface area contributed by atoms with Crippen molar-refractivity contribution in [1.82, 2.24) is 24.9 Å². The third-order valence-electron chi connectivity index (χ3n) is 8.70. The van der Waals surface area contributed by atoms with E-state index in [-0.39, 0.29) is 0 Å². The van der Waals surface area contributed by atoms with Crippen molar-refractivity contribution in [1.29, 1.82) is 0 Å². The number of fused-ring (bicyclic) bond motifs is 4. The van der Waals surface area contributed by atoms with Crippen LogP contribution < -0.4 is 0 Å². The third-order valence-corrected chi connectivity index (χ3v) is 8.70. The van der Waals surface area contributed by atoms with Crippen molar-refractivity contribution in [2.45, 2.75) is 0 Å². The molecule has 5 heteroatoms. The fourth-order valence-electron chi connectivity index (χ4n) is 6.27. The van der Waals surface area contributed by atoms with E-state index in [2.05, 4.69) is 96.0 Å². The van der Waals surface area contributed by atoms with Gasteiger partial charge in [-0.3, -0.25) is 4.98 Å². The molecule has 0 saturated carbocycles. The van der Waals surface area contributed by atoms with Crippen LogP contribution in [0.15, 0.2) is 164 Å². The molecule has 0 aliphatic rings. The van der Waals surface area contributed by atoms with E-state index in [1.54, 1.807) is 0 Å². The van der Waals surface area contributed by atoms with Gasteiger partial charge in [-0.1, -0.05) is 121 Å². The molecule has 48 heavy (non-hydrogen) atoms. The number of pyridine rings is 2. The van der Waals surface area contributed by atoms with Crippen LogP contribution in [0.25, 0.3) is 89.1 Å². The Morgan fingerprint density at radius 1 is 0.292 bits per heavy atom. The fraction of sp³-hybridized carbons (Fsp3) is 0. The zero-order valence-electron chi connectivity index (χ0n) is 25.8. The van der Waals surface area contributed by atoms with Gasteiger partial charge in [0.15, 0.2) is 17.5 Å². The maximum atomic E-state index is 5.02. The van der Waals surface area contributed by atoms with Gasteiger partial charge in [0.05, 0.1) is 16.6 Å². The quantitative estimate of drug-likeness (QED) is 0.143. The number of hydrogen-bond donors (Lipinski definition) is 0. The summed E-state index contributed by atoms with van der Waals surface area (Å²) in [4.78, 5) is 24.3. The van der Waals surface area contributed by atoms with Gasteiger partial charge in [0.25, 0.3) is 0 Å². The van der Waals surface area contributed by atoms with E-state index < -0.39 is 0 Å². The molecular weight excluding hydrogens is 587 g/mol. The van der Waals surface area contributed by atoms with Crippen LogP contribution in [0.3, 0.4) is 0 Å². The lowest BCUT2D eigenvalue weighted by atomic mass is 9.97. The van der Waals surface area contributed by atoms with Crippen LogP contribution in [0, 0.1) is 0 Å². The predicted octanol–water partition coefficient (Wildman–Crippen LogP) is 10.5. The summed E-state index contributed by atoms with van der Waals surface area (Å²) >= 11 is 0. The zero-order chi connectivity index (χ0) is 31.9. The largest absolute Gasteiger partial charge is 0.254 e. The van der Waals surface area contributed by atoms with E-state index in [1.165, 1.54) is 0 Å². The number of benzene rings is 6. The molecule has 3 aromatic heterocycles. The first-order chi connectivity index (χ1) is 23.7. The fourth-order valence-corrected chi connectivity index (χ4v) is 6.27. The predicted molar refractivity (Wildman–Crippen MR) is 195 cm³/mol. The molecule has 0 bridgehead atoms. The Morgan fingerprint density at radius 2 is 0.833 bits per heavy atom. The first-order valence-corrected chi connectivity index (χ1v) is 15.9. The van der Waals surface area contributed by atoms with E-state index in [1.807, 2.05) is 72.9 Å². The first kappa shape index (κ1) is 27.7. The molecule has 224 valence electrons. The van der Waals surface area contributed by atoms with Gasteiger partial charge in [-0.15, -0.1) is 0 Å². The van der Waals surface area contributed by atoms with Crippen LogP contribution in [0.4, 0.5) is 0 Å². The SMILES string of the molecule is c1ccc(-c2nc(-c3ccccc3)nc(-c3cccc(-c4cccc(-c5ccc6nc7c(ccc8cccnc87)cc6c5)c4)c3)n2)cc1. The molecule has 0 aliphatic carbocycles. The molecule has 9 aromatic rings. The third kappa shape index (κ3) is 5.13. The Bertz CT molecular complexity index is 2560. The highest BCUT2D eigenvalue weighted by Gasteiger charge is 2.13. The minimum absolute atomic E-state index is 0.637. The lowest BCUT2D eigenvalue weighted by Crippen LogP contribution is -2.00. The summed E-state index contributed by atoms with van der Waals surface area (Å²) in [5.41, 5.74) is 10.1. The lowest BCUT2D eigenvalue weighted by molar-refractivity contribution is 1.07. The minimum Gasteiger partial charge on any atom is -0.254 e. The maximum Gasteiger partial charge on any atom is 0.164 e. The second kappa shape index (κ2) is 11.6. The number of nitrogens with zero attached hydrogens (tertiary/aromatic N) is 5. The molecule has 0 spiro atoms. The van der Waals surface area contributed by atoms with Gasteiger partial charge in [0.1, 0.15) is 0 Å². The number of hydrogen-bond acceptors (Lipinski definition) is 5. The topological polar surface area (TPSA) is 64.5 Å². The maximum absolute atomic E-state index is 5.02. The Labute approximate surface area is 277 Å². The van der Waals surface area contributed by atoms with E-state index in [0.29, 0.717) is 17.5 Å². The molecule has 0 unspecified atom stereocenters. The summed E-state index contributed by atoms with van der Waals surface area (Å²) in [5, 5.41) is 3.28. The molecule has 0 saturated heterocycles. The average molecular weight is 614 g/mol. The molecular formula is C43H27N5. The van der Waals surface area contributed by atoms with Gasteiger partial charge in [-0.25, -0.2) is 19.9 Å². The standard InChI is InChI=1S/C43H27N5/c1-3-10-29(11-4-1)41-46-42(30-12-5-2-6-13-30)48-43(47-41)36-17-8-16-33(25-36)31-14-7-15-32(24-31)34-21-22-38-37(26-34)27-35-20-19-28-18-9-23-44-39(28)40(35)45-38/h1-27H. The molecule has 0 N–H and O–H groups in total. The highest BCUT2D eigenvalue weighted by molar-refractivity contribution is 6.06. The Kier molecular flexibility index (Phi) is 6.72. The number of aromatic nitrogens is 5. The average Bonchev–Trinajstić information content (AvgIpc) is 3.17. The molecule has 9 rings (SSSR count). The van der Waals surface area contributed by atoms with E-state index in [4.69, 9.17) is 19.9 Å². The monoisotopic (exact) mass is 613 g/mol. The smallest absolute Gasteiger partial charge is 0.164 e.